The molecule has 0 aliphatic carbocycles. The van der Waals surface area contributed by atoms with E-state index in [1.165, 1.54) is 34.4 Å². The van der Waals surface area contributed by atoms with E-state index in [4.69, 9.17) is 0 Å². The standard InChI is InChI=1S/C20H25N5O4S/c1-15-14-30-20(21-15)22-18(26)13-24(12-4-11-23(2)3)19(27)10-7-16-5-8-17(9-6-16)25(28)29/h5-10,14H,4,11-13H2,1-3H3,(H,21,22,26)/b10-7+. The van der Waals surface area contributed by atoms with E-state index in [1.54, 1.807) is 18.2 Å². The van der Waals surface area contributed by atoms with Crippen molar-refractivity contribution in [3.63, 3.8) is 0 Å². The number of carbonyl (C=O) groups excluding carboxylic acids is 2. The van der Waals surface area contributed by atoms with Gasteiger partial charge in [0.2, 0.25) is 11.8 Å². The van der Waals surface area contributed by atoms with Gasteiger partial charge in [-0.3, -0.25) is 19.7 Å². The number of nitrogens with zero attached hydrogens (tertiary/aromatic N) is 4. The van der Waals surface area contributed by atoms with Crippen LogP contribution in [-0.2, 0) is 9.59 Å². The Bertz CT molecular complexity index is 908. The number of aryl methyl sites for hydroxylation is 1. The largest absolute Gasteiger partial charge is 0.330 e. The number of anilines is 1. The Balaban J connectivity index is 2.02. The third-order valence-electron chi connectivity index (χ3n) is 4.07. The Morgan fingerprint density at radius 1 is 1.23 bits per heavy atom. The van der Waals surface area contributed by atoms with Crippen molar-refractivity contribution in [2.24, 2.45) is 0 Å². The minimum Gasteiger partial charge on any atom is -0.330 e. The third kappa shape index (κ3) is 7.72. The van der Waals surface area contributed by atoms with E-state index in [1.807, 2.05) is 31.3 Å². The van der Waals surface area contributed by atoms with Crippen LogP contribution in [0.3, 0.4) is 0 Å². The van der Waals surface area contributed by atoms with Gasteiger partial charge in [-0.05, 0) is 57.8 Å². The molecular weight excluding hydrogens is 406 g/mol. The molecule has 0 bridgehead atoms. The zero-order chi connectivity index (χ0) is 22.1. The molecule has 1 heterocycles. The zero-order valence-electron chi connectivity index (χ0n) is 17.2. The van der Waals surface area contributed by atoms with Crippen molar-refractivity contribution in [3.05, 3.63) is 57.1 Å². The molecule has 2 aromatic rings. The van der Waals surface area contributed by atoms with E-state index in [0.717, 1.165) is 12.2 Å². The summed E-state index contributed by atoms with van der Waals surface area (Å²) in [5, 5.41) is 15.8. The van der Waals surface area contributed by atoms with E-state index in [0.29, 0.717) is 23.7 Å². The van der Waals surface area contributed by atoms with Crippen molar-refractivity contribution in [1.29, 1.82) is 0 Å². The molecule has 10 heteroatoms. The first-order chi connectivity index (χ1) is 14.2. The van der Waals surface area contributed by atoms with Crippen LogP contribution in [0.1, 0.15) is 17.7 Å². The summed E-state index contributed by atoms with van der Waals surface area (Å²) in [5.41, 5.74) is 1.46. The summed E-state index contributed by atoms with van der Waals surface area (Å²) in [6, 6.07) is 5.89. The second-order valence-corrected chi connectivity index (χ2v) is 7.80. The molecule has 0 atom stereocenters. The van der Waals surface area contributed by atoms with Crippen molar-refractivity contribution in [2.45, 2.75) is 13.3 Å². The molecule has 0 fully saturated rings. The highest BCUT2D eigenvalue weighted by Gasteiger charge is 2.16. The SMILES string of the molecule is Cc1csc(NC(=O)CN(CCCN(C)C)C(=O)/C=C/c2ccc([N+](=O)[O-])cc2)n1. The number of non-ortho nitro benzene ring substituents is 1. The lowest BCUT2D eigenvalue weighted by molar-refractivity contribution is -0.384. The summed E-state index contributed by atoms with van der Waals surface area (Å²) in [7, 11) is 3.89. The first-order valence-corrected chi connectivity index (χ1v) is 10.2. The summed E-state index contributed by atoms with van der Waals surface area (Å²) in [6.07, 6.45) is 3.67. The fourth-order valence-corrected chi connectivity index (χ4v) is 3.27. The van der Waals surface area contributed by atoms with Gasteiger partial charge in [-0.2, -0.15) is 0 Å². The van der Waals surface area contributed by atoms with Crippen LogP contribution in [-0.4, -0.2) is 65.3 Å². The highest BCUT2D eigenvalue weighted by molar-refractivity contribution is 7.13. The number of thiazole rings is 1. The van der Waals surface area contributed by atoms with E-state index in [-0.39, 0.29) is 24.0 Å². The number of amides is 2. The molecule has 1 aromatic heterocycles. The fourth-order valence-electron chi connectivity index (χ4n) is 2.57. The summed E-state index contributed by atoms with van der Waals surface area (Å²) in [4.78, 5) is 43.0. The predicted molar refractivity (Wildman–Crippen MR) is 117 cm³/mol. The molecule has 0 saturated heterocycles. The van der Waals surface area contributed by atoms with Crippen LogP contribution in [0.2, 0.25) is 0 Å². The van der Waals surface area contributed by atoms with Gasteiger partial charge in [0.05, 0.1) is 10.6 Å². The number of hydrogen-bond acceptors (Lipinski definition) is 7. The summed E-state index contributed by atoms with van der Waals surface area (Å²) in [5.74, 6) is -0.621. The van der Waals surface area contributed by atoms with Gasteiger partial charge in [0.15, 0.2) is 5.13 Å². The summed E-state index contributed by atoms with van der Waals surface area (Å²) >= 11 is 1.33. The lowest BCUT2D eigenvalue weighted by atomic mass is 10.2. The molecule has 160 valence electrons. The van der Waals surface area contributed by atoms with Crippen LogP contribution >= 0.6 is 11.3 Å². The Morgan fingerprint density at radius 2 is 1.93 bits per heavy atom. The number of aromatic nitrogens is 1. The fraction of sp³-hybridized carbons (Fsp3) is 0.350. The molecular formula is C20H25N5O4S. The molecule has 0 aliphatic rings. The maximum Gasteiger partial charge on any atom is 0.269 e. The number of hydrogen-bond donors (Lipinski definition) is 1. The number of rotatable bonds is 10. The number of nitrogens with one attached hydrogen (secondary N) is 1. The number of nitro groups is 1. The molecule has 2 rings (SSSR count). The van der Waals surface area contributed by atoms with Crippen LogP contribution in [0.4, 0.5) is 10.8 Å². The van der Waals surface area contributed by atoms with E-state index in [2.05, 4.69) is 10.3 Å². The molecule has 0 saturated carbocycles. The molecule has 2 amide bonds. The van der Waals surface area contributed by atoms with Gasteiger partial charge < -0.3 is 15.1 Å². The highest BCUT2D eigenvalue weighted by atomic mass is 32.1. The Hall–Kier alpha value is -3.11. The minimum absolute atomic E-state index is 0.0158. The van der Waals surface area contributed by atoms with E-state index in [9.17, 15) is 19.7 Å². The van der Waals surface area contributed by atoms with Crippen molar-refractivity contribution in [1.82, 2.24) is 14.8 Å². The van der Waals surface area contributed by atoms with Crippen molar-refractivity contribution >= 4 is 40.0 Å². The Kier molecular flexibility index (Phi) is 8.63. The van der Waals surface area contributed by atoms with Crippen LogP contribution < -0.4 is 5.32 Å². The van der Waals surface area contributed by atoms with Crippen molar-refractivity contribution < 1.29 is 14.5 Å². The topological polar surface area (TPSA) is 109 Å². The van der Waals surface area contributed by atoms with Gasteiger partial charge in [-0.15, -0.1) is 11.3 Å². The molecule has 0 spiro atoms. The second kappa shape index (κ2) is 11.2. The van der Waals surface area contributed by atoms with Gasteiger partial charge in [0.25, 0.3) is 5.69 Å². The molecule has 1 aromatic carbocycles. The summed E-state index contributed by atoms with van der Waals surface area (Å²) in [6.45, 7) is 2.96. The maximum atomic E-state index is 12.7. The normalized spacial score (nSPS) is 11.1. The highest BCUT2D eigenvalue weighted by Crippen LogP contribution is 2.15. The van der Waals surface area contributed by atoms with Crippen LogP contribution in [0.25, 0.3) is 6.08 Å². The zero-order valence-corrected chi connectivity index (χ0v) is 18.0. The first kappa shape index (κ1) is 23.2. The maximum absolute atomic E-state index is 12.7. The van der Waals surface area contributed by atoms with Gasteiger partial charge in [-0.1, -0.05) is 0 Å². The quantitative estimate of drug-likeness (QED) is 0.352. The first-order valence-electron chi connectivity index (χ1n) is 9.33. The smallest absolute Gasteiger partial charge is 0.269 e. The Morgan fingerprint density at radius 3 is 2.50 bits per heavy atom. The molecule has 30 heavy (non-hydrogen) atoms. The average molecular weight is 432 g/mol. The molecule has 0 unspecified atom stereocenters. The molecule has 0 aliphatic heterocycles. The Labute approximate surface area is 179 Å². The minimum atomic E-state index is -0.478. The number of benzene rings is 1. The van der Waals surface area contributed by atoms with E-state index < -0.39 is 4.92 Å². The van der Waals surface area contributed by atoms with Crippen LogP contribution in [0.15, 0.2) is 35.7 Å². The van der Waals surface area contributed by atoms with Gasteiger partial charge in [-0.25, -0.2) is 4.98 Å². The van der Waals surface area contributed by atoms with Crippen molar-refractivity contribution in [2.75, 3.05) is 39.0 Å². The second-order valence-electron chi connectivity index (χ2n) is 6.94. The lowest BCUT2D eigenvalue weighted by Gasteiger charge is -2.21. The lowest BCUT2D eigenvalue weighted by Crippen LogP contribution is -2.38. The number of nitro benzene ring substituents is 1. The monoisotopic (exact) mass is 431 g/mol. The molecule has 1 N–H and O–H groups in total. The molecule has 9 nitrogen and oxygen atoms in total. The number of carbonyl (C=O) groups is 2. The predicted octanol–water partition coefficient (Wildman–Crippen LogP) is 2.79. The molecule has 0 radical (unpaired) electrons. The van der Waals surface area contributed by atoms with Gasteiger partial charge in [0, 0.05) is 30.1 Å². The van der Waals surface area contributed by atoms with E-state index >= 15 is 0 Å². The third-order valence-corrected chi connectivity index (χ3v) is 4.94. The average Bonchev–Trinajstić information content (AvgIpc) is 3.09. The van der Waals surface area contributed by atoms with Crippen molar-refractivity contribution in [3.8, 4) is 0 Å². The van der Waals surface area contributed by atoms with Gasteiger partial charge in [0.1, 0.15) is 6.54 Å². The van der Waals surface area contributed by atoms with Crippen LogP contribution in [0.5, 0.6) is 0 Å². The van der Waals surface area contributed by atoms with Gasteiger partial charge >= 0.3 is 0 Å². The summed E-state index contributed by atoms with van der Waals surface area (Å²) < 4.78 is 0. The van der Waals surface area contributed by atoms with Crippen LogP contribution in [0, 0.1) is 17.0 Å².